The second-order valence-corrected chi connectivity index (χ2v) is 4.50. The van der Waals surface area contributed by atoms with Gasteiger partial charge in [-0.1, -0.05) is 0 Å². The monoisotopic (exact) mass is 279 g/mol. The molecule has 0 radical (unpaired) electrons. The molecule has 0 saturated carbocycles. The molecule has 0 unspecified atom stereocenters. The highest BCUT2D eigenvalue weighted by atomic mass is 16.6. The average molecular weight is 279 g/mol. The van der Waals surface area contributed by atoms with Gasteiger partial charge in [-0.05, 0) is 19.8 Å². The van der Waals surface area contributed by atoms with Gasteiger partial charge in [0.15, 0.2) is 0 Å². The van der Waals surface area contributed by atoms with Crippen molar-refractivity contribution in [2.45, 2.75) is 26.3 Å². The molecule has 9 nitrogen and oxygen atoms in total. The van der Waals surface area contributed by atoms with Crippen LogP contribution in [0.25, 0.3) is 0 Å². The summed E-state index contributed by atoms with van der Waals surface area (Å²) in [7, 11) is 1.69. The van der Waals surface area contributed by atoms with E-state index in [0.717, 1.165) is 19.4 Å². The maximum Gasteiger partial charge on any atom is 0.333 e. The van der Waals surface area contributed by atoms with Crippen LogP contribution in [0.5, 0.6) is 0 Å². The van der Waals surface area contributed by atoms with Crippen molar-refractivity contribution < 1.29 is 4.92 Å². The van der Waals surface area contributed by atoms with Crippen molar-refractivity contribution >= 4 is 11.5 Å². The van der Waals surface area contributed by atoms with Crippen LogP contribution in [0.1, 0.15) is 18.5 Å². The zero-order valence-corrected chi connectivity index (χ0v) is 11.5. The lowest BCUT2D eigenvalue weighted by Crippen LogP contribution is -2.08. The van der Waals surface area contributed by atoms with Gasteiger partial charge in [0.1, 0.15) is 18.3 Å². The smallest absolute Gasteiger partial charge is 0.333 e. The first-order valence-corrected chi connectivity index (χ1v) is 6.34. The Labute approximate surface area is 115 Å². The molecule has 0 fully saturated rings. The molecule has 0 aliphatic heterocycles. The maximum atomic E-state index is 11.0. The van der Waals surface area contributed by atoms with Crippen LogP contribution in [-0.2, 0) is 13.6 Å². The fourth-order valence-corrected chi connectivity index (χ4v) is 2.03. The number of hydrogen-bond donors (Lipinski definition) is 1. The lowest BCUT2D eigenvalue weighted by Gasteiger charge is -2.06. The molecule has 0 bridgehead atoms. The van der Waals surface area contributed by atoms with Crippen molar-refractivity contribution in [2.24, 2.45) is 7.05 Å². The van der Waals surface area contributed by atoms with Crippen molar-refractivity contribution in [3.8, 4) is 0 Å². The molecule has 0 aliphatic carbocycles. The van der Waals surface area contributed by atoms with Gasteiger partial charge in [0.2, 0.25) is 5.82 Å². The minimum atomic E-state index is -0.401. The van der Waals surface area contributed by atoms with Gasteiger partial charge in [-0.15, -0.1) is 10.2 Å². The van der Waals surface area contributed by atoms with Crippen molar-refractivity contribution in [1.82, 2.24) is 24.5 Å². The van der Waals surface area contributed by atoms with E-state index in [1.807, 2.05) is 4.57 Å². The molecule has 0 amide bonds. The van der Waals surface area contributed by atoms with Gasteiger partial charge in [0.05, 0.1) is 4.92 Å². The molecule has 2 aromatic heterocycles. The Kier molecular flexibility index (Phi) is 4.28. The summed E-state index contributed by atoms with van der Waals surface area (Å²) in [5, 5.41) is 25.6. The Balaban J connectivity index is 1.83. The summed E-state index contributed by atoms with van der Waals surface area (Å²) in [6.07, 6.45) is 5.17. The van der Waals surface area contributed by atoms with Crippen LogP contribution in [-0.4, -0.2) is 36.0 Å². The maximum absolute atomic E-state index is 11.0. The minimum Gasteiger partial charge on any atom is -0.365 e. The lowest BCUT2D eigenvalue weighted by atomic mass is 10.3. The standard InChI is InChI=1S/C11H17N7O2/c1-9-10(18(19)20)11(16(2)15-9)12-5-3-4-6-17-7-13-14-8-17/h7-8,12H,3-6H2,1-2H3. The molecule has 1 N–H and O–H groups in total. The van der Waals surface area contributed by atoms with Crippen molar-refractivity contribution in [3.63, 3.8) is 0 Å². The second kappa shape index (κ2) is 6.13. The Morgan fingerprint density at radius 1 is 1.35 bits per heavy atom. The first-order valence-electron chi connectivity index (χ1n) is 6.34. The molecule has 0 spiro atoms. The number of unbranched alkanes of at least 4 members (excludes halogenated alkanes) is 1. The third kappa shape index (κ3) is 3.11. The molecular formula is C11H17N7O2. The first-order chi connectivity index (χ1) is 9.59. The summed E-state index contributed by atoms with van der Waals surface area (Å²) >= 11 is 0. The van der Waals surface area contributed by atoms with Gasteiger partial charge in [-0.3, -0.25) is 10.1 Å². The molecule has 2 aromatic rings. The van der Waals surface area contributed by atoms with Crippen LogP contribution in [0.2, 0.25) is 0 Å². The molecule has 9 heteroatoms. The fourth-order valence-electron chi connectivity index (χ4n) is 2.03. The Hall–Kier alpha value is -2.45. The number of aromatic nitrogens is 5. The molecule has 0 aromatic carbocycles. The largest absolute Gasteiger partial charge is 0.365 e. The molecule has 20 heavy (non-hydrogen) atoms. The molecule has 108 valence electrons. The number of nitrogens with zero attached hydrogens (tertiary/aromatic N) is 6. The highest BCUT2D eigenvalue weighted by molar-refractivity contribution is 5.59. The predicted molar refractivity (Wildman–Crippen MR) is 72.3 cm³/mol. The Morgan fingerprint density at radius 3 is 2.70 bits per heavy atom. The zero-order chi connectivity index (χ0) is 14.5. The Bertz CT molecular complexity index is 576. The molecule has 0 aliphatic rings. The highest BCUT2D eigenvalue weighted by Gasteiger charge is 2.23. The Morgan fingerprint density at radius 2 is 2.05 bits per heavy atom. The zero-order valence-electron chi connectivity index (χ0n) is 11.5. The molecular weight excluding hydrogens is 262 g/mol. The lowest BCUT2D eigenvalue weighted by molar-refractivity contribution is -0.384. The summed E-state index contributed by atoms with van der Waals surface area (Å²) in [6, 6.07) is 0. The van der Waals surface area contributed by atoms with Crippen LogP contribution >= 0.6 is 0 Å². The van der Waals surface area contributed by atoms with Gasteiger partial charge in [0, 0.05) is 20.1 Å². The van der Waals surface area contributed by atoms with Crippen LogP contribution in [0.4, 0.5) is 11.5 Å². The first kappa shape index (κ1) is 14.0. The molecule has 0 atom stereocenters. The molecule has 2 heterocycles. The third-order valence-corrected chi connectivity index (χ3v) is 2.98. The van der Waals surface area contributed by atoms with E-state index in [0.29, 0.717) is 18.1 Å². The summed E-state index contributed by atoms with van der Waals surface area (Å²) in [4.78, 5) is 10.6. The van der Waals surface area contributed by atoms with E-state index in [2.05, 4.69) is 20.6 Å². The van der Waals surface area contributed by atoms with Crippen LogP contribution in [0.15, 0.2) is 12.7 Å². The number of anilines is 1. The summed E-state index contributed by atoms with van der Waals surface area (Å²) in [5.41, 5.74) is 0.468. The molecule has 0 saturated heterocycles. The quantitative estimate of drug-likeness (QED) is 0.462. The van der Waals surface area contributed by atoms with E-state index in [4.69, 9.17) is 0 Å². The fraction of sp³-hybridized carbons (Fsp3) is 0.545. The van der Waals surface area contributed by atoms with Crippen LogP contribution < -0.4 is 5.32 Å². The van der Waals surface area contributed by atoms with E-state index in [1.54, 1.807) is 26.6 Å². The topological polar surface area (TPSA) is 104 Å². The van der Waals surface area contributed by atoms with Crippen molar-refractivity contribution in [1.29, 1.82) is 0 Å². The molecule has 2 rings (SSSR count). The van der Waals surface area contributed by atoms with Gasteiger partial charge >= 0.3 is 5.69 Å². The van der Waals surface area contributed by atoms with Gasteiger partial charge in [0.25, 0.3) is 0 Å². The van der Waals surface area contributed by atoms with Gasteiger partial charge < -0.3 is 9.88 Å². The number of rotatable bonds is 7. The van der Waals surface area contributed by atoms with Crippen molar-refractivity contribution in [2.75, 3.05) is 11.9 Å². The van der Waals surface area contributed by atoms with Crippen molar-refractivity contribution in [3.05, 3.63) is 28.5 Å². The van der Waals surface area contributed by atoms with Crippen LogP contribution in [0, 0.1) is 17.0 Å². The van der Waals surface area contributed by atoms with Gasteiger partial charge in [-0.2, -0.15) is 5.10 Å². The van der Waals surface area contributed by atoms with E-state index in [-0.39, 0.29) is 5.69 Å². The number of nitro groups is 1. The van der Waals surface area contributed by atoms with Gasteiger partial charge in [-0.25, -0.2) is 4.68 Å². The second-order valence-electron chi connectivity index (χ2n) is 4.50. The van der Waals surface area contributed by atoms with Crippen LogP contribution in [0.3, 0.4) is 0 Å². The number of nitrogens with one attached hydrogen (secondary N) is 1. The highest BCUT2D eigenvalue weighted by Crippen LogP contribution is 2.27. The van der Waals surface area contributed by atoms with E-state index in [9.17, 15) is 10.1 Å². The van der Waals surface area contributed by atoms with E-state index in [1.165, 1.54) is 4.68 Å². The SMILES string of the molecule is Cc1nn(C)c(NCCCCn2cnnc2)c1[N+](=O)[O-]. The van der Waals surface area contributed by atoms with E-state index >= 15 is 0 Å². The number of hydrogen-bond acceptors (Lipinski definition) is 6. The summed E-state index contributed by atoms with van der Waals surface area (Å²) < 4.78 is 3.41. The third-order valence-electron chi connectivity index (χ3n) is 2.98. The summed E-state index contributed by atoms with van der Waals surface area (Å²) in [5.74, 6) is 0.455. The minimum absolute atomic E-state index is 0.0475. The normalized spacial score (nSPS) is 10.7. The predicted octanol–water partition coefficient (Wildman–Crippen LogP) is 1.12. The van der Waals surface area contributed by atoms with E-state index < -0.39 is 4.92 Å². The number of aryl methyl sites for hydroxylation is 3. The average Bonchev–Trinajstić information content (AvgIpc) is 2.97. The summed E-state index contributed by atoms with van der Waals surface area (Å²) in [6.45, 7) is 3.12.